The highest BCUT2D eigenvalue weighted by atomic mass is 16.5. The number of aromatic nitrogens is 2. The Hall–Kier alpha value is -1.56. The average molecular weight is 280 g/mol. The number of hydrogen-bond donors (Lipinski definition) is 1. The highest BCUT2D eigenvalue weighted by molar-refractivity contribution is 5.37. The van der Waals surface area contributed by atoms with Crippen LogP contribution in [0.1, 0.15) is 26.2 Å². The van der Waals surface area contributed by atoms with Gasteiger partial charge in [-0.25, -0.2) is 0 Å². The van der Waals surface area contributed by atoms with Crippen molar-refractivity contribution in [2.75, 3.05) is 38.8 Å². The Balaban J connectivity index is 2.09. The van der Waals surface area contributed by atoms with Crippen LogP contribution in [0.4, 0.5) is 5.95 Å². The minimum Gasteiger partial charge on any atom is -0.481 e. The summed E-state index contributed by atoms with van der Waals surface area (Å²) in [5.41, 5.74) is 0. The Bertz CT molecular complexity index is 405. The van der Waals surface area contributed by atoms with Gasteiger partial charge < -0.3 is 19.7 Å². The van der Waals surface area contributed by atoms with E-state index in [2.05, 4.69) is 27.1 Å². The number of nitrogens with one attached hydrogen (secondary N) is 1. The molecule has 0 bridgehead atoms. The Labute approximate surface area is 120 Å². The van der Waals surface area contributed by atoms with Gasteiger partial charge in [0, 0.05) is 19.1 Å². The minimum atomic E-state index is 0.504. The first-order chi connectivity index (χ1) is 9.76. The summed E-state index contributed by atoms with van der Waals surface area (Å²) in [6, 6.07) is 2.20. The maximum absolute atomic E-state index is 5.21. The number of anilines is 1. The summed E-state index contributed by atoms with van der Waals surface area (Å²) in [4.78, 5) is 11.0. The van der Waals surface area contributed by atoms with Crippen LogP contribution in [0.2, 0.25) is 0 Å². The fourth-order valence-corrected chi connectivity index (χ4v) is 2.42. The molecule has 2 rings (SSSR count). The number of rotatable bonds is 6. The minimum absolute atomic E-state index is 0.504. The van der Waals surface area contributed by atoms with Gasteiger partial charge in [-0.15, -0.1) is 0 Å². The van der Waals surface area contributed by atoms with Gasteiger partial charge in [-0.05, 0) is 25.8 Å². The zero-order valence-corrected chi connectivity index (χ0v) is 12.6. The molecule has 1 fully saturated rings. The second-order valence-electron chi connectivity index (χ2n) is 4.99. The number of hydrogen-bond acceptors (Lipinski definition) is 6. The van der Waals surface area contributed by atoms with Crippen molar-refractivity contribution in [3.63, 3.8) is 0 Å². The highest BCUT2D eigenvalue weighted by Gasteiger charge is 2.22. The lowest BCUT2D eigenvalue weighted by atomic mass is 10.1. The Morgan fingerprint density at radius 3 is 2.60 bits per heavy atom. The SMILES string of the molecule is CCCNC1CCCN(c2nc(OC)cc(OC)n2)C1. The van der Waals surface area contributed by atoms with Gasteiger partial charge in [-0.2, -0.15) is 9.97 Å². The first-order valence-electron chi connectivity index (χ1n) is 7.22. The topological polar surface area (TPSA) is 59.5 Å². The molecule has 6 heteroatoms. The maximum atomic E-state index is 5.21. The van der Waals surface area contributed by atoms with Crippen molar-refractivity contribution >= 4 is 5.95 Å². The lowest BCUT2D eigenvalue weighted by Crippen LogP contribution is -2.46. The fourth-order valence-electron chi connectivity index (χ4n) is 2.42. The first kappa shape index (κ1) is 14.8. The fraction of sp³-hybridized carbons (Fsp3) is 0.714. The second kappa shape index (κ2) is 7.28. The molecule has 1 N–H and O–H groups in total. The first-order valence-corrected chi connectivity index (χ1v) is 7.22. The third-order valence-corrected chi connectivity index (χ3v) is 3.47. The second-order valence-corrected chi connectivity index (χ2v) is 4.99. The summed E-state index contributed by atoms with van der Waals surface area (Å²) in [7, 11) is 3.21. The number of methoxy groups -OCH3 is 2. The van der Waals surface area contributed by atoms with Gasteiger partial charge in [0.1, 0.15) is 0 Å². The van der Waals surface area contributed by atoms with E-state index >= 15 is 0 Å². The molecule has 0 radical (unpaired) electrons. The molecule has 1 aliphatic heterocycles. The van der Waals surface area contributed by atoms with Gasteiger partial charge in [0.2, 0.25) is 17.7 Å². The van der Waals surface area contributed by atoms with Gasteiger partial charge in [0.25, 0.3) is 0 Å². The summed E-state index contributed by atoms with van der Waals surface area (Å²) < 4.78 is 10.4. The molecule has 1 atom stereocenters. The van der Waals surface area contributed by atoms with E-state index in [-0.39, 0.29) is 0 Å². The monoisotopic (exact) mass is 280 g/mol. The predicted molar refractivity (Wildman–Crippen MR) is 78.7 cm³/mol. The molecular weight excluding hydrogens is 256 g/mol. The van der Waals surface area contributed by atoms with Gasteiger partial charge >= 0.3 is 0 Å². The van der Waals surface area contributed by atoms with Crippen LogP contribution in [-0.2, 0) is 0 Å². The molecule has 0 aliphatic carbocycles. The standard InChI is InChI=1S/C14H24N4O2/c1-4-7-15-11-6-5-8-18(10-11)14-16-12(19-2)9-13(17-14)20-3/h9,11,15H,4-8,10H2,1-3H3. The molecule has 1 aromatic heterocycles. The van der Waals surface area contributed by atoms with E-state index in [4.69, 9.17) is 9.47 Å². The van der Waals surface area contributed by atoms with Crippen molar-refractivity contribution in [1.29, 1.82) is 0 Å². The molecule has 0 aromatic carbocycles. The molecule has 0 amide bonds. The molecule has 112 valence electrons. The van der Waals surface area contributed by atoms with Crippen molar-refractivity contribution in [2.45, 2.75) is 32.2 Å². The van der Waals surface area contributed by atoms with Crippen molar-refractivity contribution in [2.24, 2.45) is 0 Å². The summed E-state index contributed by atoms with van der Waals surface area (Å²) in [6.45, 7) is 5.14. The molecule has 1 aromatic rings. The number of nitrogens with zero attached hydrogens (tertiary/aromatic N) is 3. The summed E-state index contributed by atoms with van der Waals surface area (Å²) >= 11 is 0. The van der Waals surface area contributed by atoms with Crippen LogP contribution in [-0.4, -0.2) is 49.9 Å². The molecule has 0 spiro atoms. The van der Waals surface area contributed by atoms with E-state index in [0.29, 0.717) is 23.8 Å². The predicted octanol–water partition coefficient (Wildman–Crippen LogP) is 1.46. The smallest absolute Gasteiger partial charge is 0.232 e. The average Bonchev–Trinajstić information content (AvgIpc) is 2.52. The molecular formula is C14H24N4O2. The summed E-state index contributed by atoms with van der Waals surface area (Å²) in [5.74, 6) is 1.76. The van der Waals surface area contributed by atoms with Gasteiger partial charge in [0.05, 0.1) is 20.3 Å². The molecule has 20 heavy (non-hydrogen) atoms. The van der Waals surface area contributed by atoms with Crippen molar-refractivity contribution in [3.8, 4) is 11.8 Å². The largest absolute Gasteiger partial charge is 0.481 e. The lowest BCUT2D eigenvalue weighted by molar-refractivity contribution is 0.368. The van der Waals surface area contributed by atoms with E-state index in [0.717, 1.165) is 32.5 Å². The number of ether oxygens (including phenoxy) is 2. The van der Waals surface area contributed by atoms with Crippen molar-refractivity contribution in [3.05, 3.63) is 6.07 Å². The normalized spacial score (nSPS) is 18.9. The van der Waals surface area contributed by atoms with Crippen LogP contribution in [0, 0.1) is 0 Å². The van der Waals surface area contributed by atoms with Crippen LogP contribution >= 0.6 is 0 Å². The summed E-state index contributed by atoms with van der Waals surface area (Å²) in [6.07, 6.45) is 3.50. The van der Waals surface area contributed by atoms with Gasteiger partial charge in [-0.3, -0.25) is 0 Å². The van der Waals surface area contributed by atoms with Crippen LogP contribution < -0.4 is 19.7 Å². The maximum Gasteiger partial charge on any atom is 0.232 e. The quantitative estimate of drug-likeness (QED) is 0.851. The zero-order valence-electron chi connectivity index (χ0n) is 12.6. The molecule has 1 aliphatic rings. The third-order valence-electron chi connectivity index (χ3n) is 3.47. The lowest BCUT2D eigenvalue weighted by Gasteiger charge is -2.33. The van der Waals surface area contributed by atoms with Crippen LogP contribution in [0.5, 0.6) is 11.8 Å². The Morgan fingerprint density at radius 2 is 2.00 bits per heavy atom. The zero-order chi connectivity index (χ0) is 14.4. The highest BCUT2D eigenvalue weighted by Crippen LogP contribution is 2.22. The van der Waals surface area contributed by atoms with E-state index in [1.807, 2.05) is 0 Å². The van der Waals surface area contributed by atoms with Gasteiger partial charge in [-0.1, -0.05) is 6.92 Å². The van der Waals surface area contributed by atoms with Crippen molar-refractivity contribution < 1.29 is 9.47 Å². The Morgan fingerprint density at radius 1 is 1.30 bits per heavy atom. The van der Waals surface area contributed by atoms with Crippen LogP contribution in [0.15, 0.2) is 6.07 Å². The van der Waals surface area contributed by atoms with E-state index in [1.165, 1.54) is 6.42 Å². The summed E-state index contributed by atoms with van der Waals surface area (Å²) in [5, 5.41) is 3.57. The third kappa shape index (κ3) is 3.72. The van der Waals surface area contributed by atoms with Gasteiger partial charge in [0.15, 0.2) is 0 Å². The van der Waals surface area contributed by atoms with E-state index in [9.17, 15) is 0 Å². The Kier molecular flexibility index (Phi) is 5.40. The number of piperidine rings is 1. The molecule has 0 saturated carbocycles. The van der Waals surface area contributed by atoms with Crippen molar-refractivity contribution in [1.82, 2.24) is 15.3 Å². The van der Waals surface area contributed by atoms with Crippen LogP contribution in [0.25, 0.3) is 0 Å². The van der Waals surface area contributed by atoms with E-state index < -0.39 is 0 Å². The molecule has 6 nitrogen and oxygen atoms in total. The van der Waals surface area contributed by atoms with E-state index in [1.54, 1.807) is 20.3 Å². The molecule has 1 saturated heterocycles. The molecule has 2 heterocycles. The van der Waals surface area contributed by atoms with Crippen LogP contribution in [0.3, 0.4) is 0 Å². The molecule has 1 unspecified atom stereocenters.